The lowest BCUT2D eigenvalue weighted by Gasteiger charge is -2.31. The van der Waals surface area contributed by atoms with Crippen LogP contribution in [-0.2, 0) is 9.53 Å². The Hall–Kier alpha value is -2.57. The summed E-state index contributed by atoms with van der Waals surface area (Å²) in [5, 5.41) is 5.62. The predicted octanol–water partition coefficient (Wildman–Crippen LogP) is 1.61. The number of nitrogens with one attached hydrogen (secondary N) is 2. The fraction of sp³-hybridized carbons (Fsp3) is 0.438. The summed E-state index contributed by atoms with van der Waals surface area (Å²) in [4.78, 5) is 36.3. The molecule has 0 spiro atoms. The first-order chi connectivity index (χ1) is 11.0. The topological polar surface area (TPSA) is 87.7 Å². The molecule has 2 N–H and O–H groups in total. The molecule has 1 aliphatic rings. The van der Waals surface area contributed by atoms with E-state index >= 15 is 0 Å². The Morgan fingerprint density at radius 2 is 1.74 bits per heavy atom. The molecule has 1 aromatic rings. The van der Waals surface area contributed by atoms with Crippen LogP contribution in [0.25, 0.3) is 0 Å². The number of amides is 3. The van der Waals surface area contributed by atoms with E-state index in [2.05, 4.69) is 15.4 Å². The molecular formula is C16H21N3O4. The molecular weight excluding hydrogens is 298 g/mol. The summed E-state index contributed by atoms with van der Waals surface area (Å²) in [6, 6.07) is 6.23. The van der Waals surface area contributed by atoms with Crippen LogP contribution in [0.1, 0.15) is 30.1 Å². The molecule has 23 heavy (non-hydrogen) atoms. The van der Waals surface area contributed by atoms with Crippen LogP contribution in [0.5, 0.6) is 0 Å². The van der Waals surface area contributed by atoms with E-state index in [4.69, 9.17) is 0 Å². The van der Waals surface area contributed by atoms with Crippen LogP contribution in [-0.4, -0.2) is 49.0 Å². The van der Waals surface area contributed by atoms with Crippen molar-refractivity contribution in [2.24, 2.45) is 0 Å². The predicted molar refractivity (Wildman–Crippen MR) is 85.2 cm³/mol. The molecule has 1 aliphatic heterocycles. The van der Waals surface area contributed by atoms with E-state index in [9.17, 15) is 14.4 Å². The van der Waals surface area contributed by atoms with Gasteiger partial charge in [0.25, 0.3) is 0 Å². The number of anilines is 1. The Bertz CT molecular complexity index is 577. The number of nitrogens with zero attached hydrogens (tertiary/aromatic N) is 1. The first kappa shape index (κ1) is 16.8. The first-order valence-electron chi connectivity index (χ1n) is 7.51. The van der Waals surface area contributed by atoms with Gasteiger partial charge in [-0.25, -0.2) is 9.59 Å². The lowest BCUT2D eigenvalue weighted by Crippen LogP contribution is -2.47. The minimum Gasteiger partial charge on any atom is -0.465 e. The van der Waals surface area contributed by atoms with E-state index < -0.39 is 5.97 Å². The second kappa shape index (κ2) is 7.62. The van der Waals surface area contributed by atoms with Gasteiger partial charge in [-0.3, -0.25) is 4.79 Å². The van der Waals surface area contributed by atoms with Gasteiger partial charge < -0.3 is 20.3 Å². The monoisotopic (exact) mass is 319 g/mol. The highest BCUT2D eigenvalue weighted by Gasteiger charge is 2.21. The number of carbonyl (C=O) groups is 3. The van der Waals surface area contributed by atoms with Gasteiger partial charge in [0.15, 0.2) is 0 Å². The van der Waals surface area contributed by atoms with E-state index in [1.165, 1.54) is 7.11 Å². The van der Waals surface area contributed by atoms with Crippen LogP contribution in [0.4, 0.5) is 10.5 Å². The first-order valence-corrected chi connectivity index (χ1v) is 7.51. The summed E-state index contributed by atoms with van der Waals surface area (Å²) < 4.78 is 4.62. The van der Waals surface area contributed by atoms with E-state index in [1.54, 1.807) is 36.1 Å². The van der Waals surface area contributed by atoms with Gasteiger partial charge in [-0.1, -0.05) is 0 Å². The summed E-state index contributed by atoms with van der Waals surface area (Å²) in [5.41, 5.74) is 1.02. The second-order valence-corrected chi connectivity index (χ2v) is 5.45. The summed E-state index contributed by atoms with van der Waals surface area (Å²) in [6.45, 7) is 2.88. The number of benzene rings is 1. The molecule has 0 bridgehead atoms. The summed E-state index contributed by atoms with van der Waals surface area (Å²) in [5.74, 6) is -0.350. The lowest BCUT2D eigenvalue weighted by atomic mass is 10.1. The Morgan fingerprint density at radius 1 is 1.13 bits per heavy atom. The van der Waals surface area contributed by atoms with E-state index in [1.807, 2.05) is 0 Å². The Labute approximate surface area is 135 Å². The van der Waals surface area contributed by atoms with Gasteiger partial charge in [0.2, 0.25) is 5.91 Å². The lowest BCUT2D eigenvalue weighted by molar-refractivity contribution is -0.129. The SMILES string of the molecule is COC(=O)c1ccc(NC(=O)NC2CCN(C(C)=O)CC2)cc1. The molecule has 0 atom stereocenters. The molecule has 2 rings (SSSR count). The molecule has 0 unspecified atom stereocenters. The molecule has 0 radical (unpaired) electrons. The minimum atomic E-state index is -0.418. The number of piperidine rings is 1. The standard InChI is InChI=1S/C16H21N3O4/c1-11(20)19-9-7-14(8-10-19)18-16(22)17-13-5-3-12(4-6-13)15(21)23-2/h3-6,14H,7-10H2,1-2H3,(H2,17,18,22). The van der Waals surface area contributed by atoms with Crippen molar-refractivity contribution in [1.82, 2.24) is 10.2 Å². The van der Waals surface area contributed by atoms with E-state index in [0.717, 1.165) is 12.8 Å². The molecule has 0 aliphatic carbocycles. The number of hydrogen-bond donors (Lipinski definition) is 2. The normalized spacial score (nSPS) is 15.0. The van der Waals surface area contributed by atoms with E-state index in [0.29, 0.717) is 24.3 Å². The third-order valence-corrected chi connectivity index (χ3v) is 3.84. The number of likely N-dealkylation sites (tertiary alicyclic amines) is 1. The zero-order valence-corrected chi connectivity index (χ0v) is 13.3. The number of rotatable bonds is 3. The van der Waals surface area contributed by atoms with Crippen molar-refractivity contribution < 1.29 is 19.1 Å². The molecule has 3 amide bonds. The average molecular weight is 319 g/mol. The van der Waals surface area contributed by atoms with Crippen molar-refractivity contribution in [3.8, 4) is 0 Å². The number of esters is 1. The molecule has 1 heterocycles. The highest BCUT2D eigenvalue weighted by atomic mass is 16.5. The number of urea groups is 1. The summed E-state index contributed by atoms with van der Waals surface area (Å²) in [7, 11) is 1.32. The van der Waals surface area contributed by atoms with Crippen LogP contribution in [0.3, 0.4) is 0 Å². The zero-order valence-electron chi connectivity index (χ0n) is 13.3. The number of carbonyl (C=O) groups excluding carboxylic acids is 3. The van der Waals surface area contributed by atoms with Gasteiger partial charge in [-0.15, -0.1) is 0 Å². The Balaban J connectivity index is 1.81. The van der Waals surface area contributed by atoms with Crippen molar-refractivity contribution in [3.63, 3.8) is 0 Å². The van der Waals surface area contributed by atoms with Crippen molar-refractivity contribution in [2.75, 3.05) is 25.5 Å². The van der Waals surface area contributed by atoms with Gasteiger partial charge in [-0.05, 0) is 37.1 Å². The molecule has 1 fully saturated rings. The second-order valence-electron chi connectivity index (χ2n) is 5.45. The minimum absolute atomic E-state index is 0.0555. The molecule has 7 heteroatoms. The van der Waals surface area contributed by atoms with Crippen LogP contribution >= 0.6 is 0 Å². The third-order valence-electron chi connectivity index (χ3n) is 3.84. The Morgan fingerprint density at radius 3 is 2.26 bits per heavy atom. The van der Waals surface area contributed by atoms with Crippen LogP contribution in [0.2, 0.25) is 0 Å². The third kappa shape index (κ3) is 4.70. The maximum atomic E-state index is 12.0. The number of methoxy groups -OCH3 is 1. The zero-order chi connectivity index (χ0) is 16.8. The fourth-order valence-electron chi connectivity index (χ4n) is 2.50. The molecule has 7 nitrogen and oxygen atoms in total. The number of hydrogen-bond acceptors (Lipinski definition) is 4. The largest absolute Gasteiger partial charge is 0.465 e. The highest BCUT2D eigenvalue weighted by Crippen LogP contribution is 2.12. The number of ether oxygens (including phenoxy) is 1. The molecule has 1 aromatic carbocycles. The molecule has 124 valence electrons. The van der Waals surface area contributed by atoms with Crippen LogP contribution in [0, 0.1) is 0 Å². The smallest absolute Gasteiger partial charge is 0.337 e. The van der Waals surface area contributed by atoms with Gasteiger partial charge in [0, 0.05) is 31.7 Å². The Kier molecular flexibility index (Phi) is 5.56. The maximum absolute atomic E-state index is 12.0. The van der Waals surface area contributed by atoms with Gasteiger partial charge in [-0.2, -0.15) is 0 Å². The van der Waals surface area contributed by atoms with E-state index in [-0.39, 0.29) is 18.0 Å². The van der Waals surface area contributed by atoms with Crippen molar-refractivity contribution in [2.45, 2.75) is 25.8 Å². The fourth-order valence-corrected chi connectivity index (χ4v) is 2.50. The highest BCUT2D eigenvalue weighted by molar-refractivity contribution is 5.92. The van der Waals surface area contributed by atoms with Gasteiger partial charge >= 0.3 is 12.0 Å². The van der Waals surface area contributed by atoms with Crippen LogP contribution < -0.4 is 10.6 Å². The van der Waals surface area contributed by atoms with Gasteiger partial charge in [0.05, 0.1) is 12.7 Å². The molecule has 0 aromatic heterocycles. The summed E-state index contributed by atoms with van der Waals surface area (Å²) in [6.07, 6.45) is 1.49. The average Bonchev–Trinajstić information content (AvgIpc) is 2.55. The van der Waals surface area contributed by atoms with Crippen molar-refractivity contribution >= 4 is 23.6 Å². The van der Waals surface area contributed by atoms with Gasteiger partial charge in [0.1, 0.15) is 0 Å². The summed E-state index contributed by atoms with van der Waals surface area (Å²) >= 11 is 0. The quantitative estimate of drug-likeness (QED) is 0.829. The van der Waals surface area contributed by atoms with Crippen molar-refractivity contribution in [3.05, 3.63) is 29.8 Å². The van der Waals surface area contributed by atoms with Crippen molar-refractivity contribution in [1.29, 1.82) is 0 Å². The maximum Gasteiger partial charge on any atom is 0.337 e. The molecule has 1 saturated heterocycles. The van der Waals surface area contributed by atoms with Crippen LogP contribution in [0.15, 0.2) is 24.3 Å². The molecule has 0 saturated carbocycles.